The highest BCUT2D eigenvalue weighted by molar-refractivity contribution is 7.89. The van der Waals surface area contributed by atoms with E-state index < -0.39 is 10.0 Å². The lowest BCUT2D eigenvalue weighted by Crippen LogP contribution is -2.47. The zero-order chi connectivity index (χ0) is 18.0. The fourth-order valence-corrected chi connectivity index (χ4v) is 5.23. The number of piperazine rings is 1. The van der Waals surface area contributed by atoms with Crippen LogP contribution in [0.15, 0.2) is 23.1 Å². The van der Waals surface area contributed by atoms with E-state index in [-0.39, 0.29) is 11.8 Å². The highest BCUT2D eigenvalue weighted by Gasteiger charge is 2.29. The molecule has 0 spiro atoms. The number of carbonyl (C=O) groups is 1. The van der Waals surface area contributed by atoms with Gasteiger partial charge in [-0.3, -0.25) is 4.79 Å². The molecule has 0 atom stereocenters. The molecule has 1 aromatic carbocycles. The van der Waals surface area contributed by atoms with Gasteiger partial charge in [0.2, 0.25) is 15.9 Å². The van der Waals surface area contributed by atoms with Gasteiger partial charge in [-0.2, -0.15) is 4.31 Å². The van der Waals surface area contributed by atoms with Gasteiger partial charge in [0, 0.05) is 37.8 Å². The van der Waals surface area contributed by atoms with Crippen LogP contribution in [-0.4, -0.2) is 56.8 Å². The molecule has 6 nitrogen and oxygen atoms in total. The summed E-state index contributed by atoms with van der Waals surface area (Å²) in [5, 5.41) is 2.90. The molecule has 3 rings (SSSR count). The molecule has 138 valence electrons. The van der Waals surface area contributed by atoms with E-state index in [0.717, 1.165) is 38.8 Å². The van der Waals surface area contributed by atoms with E-state index in [1.54, 1.807) is 25.1 Å². The SMILES string of the molecule is Cc1ccc(NC(=O)C2CCCC2)cc1S(=O)(=O)N1CCN(C)CC1. The van der Waals surface area contributed by atoms with E-state index >= 15 is 0 Å². The molecule has 2 aliphatic rings. The normalized spacial score (nSPS) is 20.7. The second kappa shape index (κ2) is 7.43. The van der Waals surface area contributed by atoms with E-state index in [2.05, 4.69) is 10.2 Å². The van der Waals surface area contributed by atoms with Gasteiger partial charge in [-0.1, -0.05) is 18.9 Å². The average molecular weight is 365 g/mol. The number of rotatable bonds is 4. The van der Waals surface area contributed by atoms with Crippen LogP contribution in [0.1, 0.15) is 31.2 Å². The van der Waals surface area contributed by atoms with Crippen LogP contribution in [0.3, 0.4) is 0 Å². The fraction of sp³-hybridized carbons (Fsp3) is 0.611. The molecule has 1 amide bonds. The van der Waals surface area contributed by atoms with Crippen LogP contribution in [0, 0.1) is 12.8 Å². The summed E-state index contributed by atoms with van der Waals surface area (Å²) in [5.41, 5.74) is 1.27. The Morgan fingerprint density at radius 2 is 1.76 bits per heavy atom. The Morgan fingerprint density at radius 1 is 1.12 bits per heavy atom. The summed E-state index contributed by atoms with van der Waals surface area (Å²) in [4.78, 5) is 14.7. The third-order valence-electron chi connectivity index (χ3n) is 5.26. The first-order valence-electron chi connectivity index (χ1n) is 8.98. The summed E-state index contributed by atoms with van der Waals surface area (Å²) in [7, 11) is -1.54. The Bertz CT molecular complexity index is 734. The fourth-order valence-electron chi connectivity index (χ4n) is 3.56. The molecule has 1 aliphatic heterocycles. The molecule has 1 N–H and O–H groups in total. The first kappa shape index (κ1) is 18.4. The minimum atomic E-state index is -3.54. The maximum atomic E-state index is 13.0. The Balaban J connectivity index is 1.80. The summed E-state index contributed by atoms with van der Waals surface area (Å²) in [5.74, 6) is 0.0586. The summed E-state index contributed by atoms with van der Waals surface area (Å²) >= 11 is 0. The molecule has 0 bridgehead atoms. The van der Waals surface area contributed by atoms with Crippen LogP contribution in [0.4, 0.5) is 5.69 Å². The topological polar surface area (TPSA) is 69.7 Å². The van der Waals surface area contributed by atoms with Crippen LogP contribution in [0.2, 0.25) is 0 Å². The lowest BCUT2D eigenvalue weighted by molar-refractivity contribution is -0.119. The van der Waals surface area contributed by atoms with Gasteiger partial charge in [0.25, 0.3) is 0 Å². The number of likely N-dealkylation sites (N-methyl/N-ethyl adjacent to an activating group) is 1. The van der Waals surface area contributed by atoms with Crippen molar-refractivity contribution in [3.63, 3.8) is 0 Å². The monoisotopic (exact) mass is 365 g/mol. The number of anilines is 1. The predicted octanol–water partition coefficient (Wildman–Crippen LogP) is 2.06. The molecule has 1 aliphatic carbocycles. The van der Waals surface area contributed by atoms with Crippen molar-refractivity contribution in [3.8, 4) is 0 Å². The first-order chi connectivity index (χ1) is 11.9. The van der Waals surface area contributed by atoms with E-state index in [9.17, 15) is 13.2 Å². The van der Waals surface area contributed by atoms with Crippen molar-refractivity contribution in [2.45, 2.75) is 37.5 Å². The van der Waals surface area contributed by atoms with Gasteiger partial charge in [-0.15, -0.1) is 0 Å². The third-order valence-corrected chi connectivity index (χ3v) is 7.30. The van der Waals surface area contributed by atoms with E-state index in [1.165, 1.54) is 4.31 Å². The van der Waals surface area contributed by atoms with Gasteiger partial charge >= 0.3 is 0 Å². The summed E-state index contributed by atoms with van der Waals surface area (Å²) in [6.45, 7) is 4.26. The number of aryl methyl sites for hydroxylation is 1. The van der Waals surface area contributed by atoms with Crippen LogP contribution in [-0.2, 0) is 14.8 Å². The number of sulfonamides is 1. The Morgan fingerprint density at radius 3 is 2.40 bits per heavy atom. The second-order valence-corrected chi connectivity index (χ2v) is 9.06. The lowest BCUT2D eigenvalue weighted by Gasteiger charge is -2.32. The second-order valence-electron chi connectivity index (χ2n) is 7.16. The van der Waals surface area contributed by atoms with Crippen LogP contribution in [0.25, 0.3) is 0 Å². The first-order valence-corrected chi connectivity index (χ1v) is 10.4. The number of nitrogens with zero attached hydrogens (tertiary/aromatic N) is 2. The molecule has 0 aromatic heterocycles. The van der Waals surface area contributed by atoms with Crippen molar-refractivity contribution in [1.82, 2.24) is 9.21 Å². The lowest BCUT2D eigenvalue weighted by atomic mass is 10.1. The van der Waals surface area contributed by atoms with Crippen molar-refractivity contribution < 1.29 is 13.2 Å². The van der Waals surface area contributed by atoms with E-state index in [1.807, 2.05) is 7.05 Å². The molecule has 0 radical (unpaired) electrons. The molecule has 1 aromatic rings. The molecule has 2 fully saturated rings. The number of hydrogen-bond donors (Lipinski definition) is 1. The largest absolute Gasteiger partial charge is 0.326 e. The molecule has 0 unspecified atom stereocenters. The Labute approximate surface area is 150 Å². The summed E-state index contributed by atoms with van der Waals surface area (Å²) in [6, 6.07) is 5.16. The van der Waals surface area contributed by atoms with Crippen molar-refractivity contribution in [3.05, 3.63) is 23.8 Å². The average Bonchev–Trinajstić information content (AvgIpc) is 3.11. The maximum absolute atomic E-state index is 13.0. The molecule has 1 saturated heterocycles. The van der Waals surface area contributed by atoms with E-state index in [0.29, 0.717) is 29.2 Å². The minimum Gasteiger partial charge on any atom is -0.326 e. The van der Waals surface area contributed by atoms with Gasteiger partial charge < -0.3 is 10.2 Å². The van der Waals surface area contributed by atoms with Gasteiger partial charge in [0.05, 0.1) is 4.90 Å². The van der Waals surface area contributed by atoms with Crippen molar-refractivity contribution in [1.29, 1.82) is 0 Å². The molecular weight excluding hydrogens is 338 g/mol. The standard InChI is InChI=1S/C18H27N3O3S/c1-14-7-8-16(19-18(22)15-5-3-4-6-15)13-17(14)25(23,24)21-11-9-20(2)10-12-21/h7-8,13,15H,3-6,9-12H2,1-2H3,(H,19,22). The zero-order valence-corrected chi connectivity index (χ0v) is 15.8. The van der Waals surface area contributed by atoms with E-state index in [4.69, 9.17) is 0 Å². The molecule has 7 heteroatoms. The smallest absolute Gasteiger partial charge is 0.243 e. The Kier molecular flexibility index (Phi) is 5.46. The van der Waals surface area contributed by atoms with Gasteiger partial charge in [-0.25, -0.2) is 8.42 Å². The molecule has 1 heterocycles. The quantitative estimate of drug-likeness (QED) is 0.887. The maximum Gasteiger partial charge on any atom is 0.243 e. The number of hydrogen-bond acceptors (Lipinski definition) is 4. The van der Waals surface area contributed by atoms with Gasteiger partial charge in [-0.05, 0) is 44.5 Å². The third kappa shape index (κ3) is 4.04. The van der Waals surface area contributed by atoms with Gasteiger partial charge in [0.15, 0.2) is 0 Å². The molecule has 25 heavy (non-hydrogen) atoms. The van der Waals surface area contributed by atoms with Crippen LogP contribution in [0.5, 0.6) is 0 Å². The Hall–Kier alpha value is -1.44. The highest BCUT2D eigenvalue weighted by Crippen LogP contribution is 2.28. The molecule has 1 saturated carbocycles. The number of benzene rings is 1. The minimum absolute atomic E-state index is 0.00398. The van der Waals surface area contributed by atoms with Gasteiger partial charge in [0.1, 0.15) is 0 Å². The molecular formula is C18H27N3O3S. The van der Waals surface area contributed by atoms with Crippen LogP contribution < -0.4 is 5.32 Å². The predicted molar refractivity (Wildman–Crippen MR) is 98.0 cm³/mol. The summed E-state index contributed by atoms with van der Waals surface area (Å²) in [6.07, 6.45) is 4.03. The highest BCUT2D eigenvalue weighted by atomic mass is 32.2. The van der Waals surface area contributed by atoms with Crippen LogP contribution >= 0.6 is 0 Å². The van der Waals surface area contributed by atoms with Crippen molar-refractivity contribution in [2.24, 2.45) is 5.92 Å². The zero-order valence-electron chi connectivity index (χ0n) is 15.0. The van der Waals surface area contributed by atoms with Crippen molar-refractivity contribution >= 4 is 21.6 Å². The summed E-state index contributed by atoms with van der Waals surface area (Å²) < 4.78 is 27.5. The number of amides is 1. The number of carbonyl (C=O) groups excluding carboxylic acids is 1. The number of nitrogens with one attached hydrogen (secondary N) is 1. The van der Waals surface area contributed by atoms with Crippen molar-refractivity contribution in [2.75, 3.05) is 38.5 Å².